The zero-order valence-electron chi connectivity index (χ0n) is 18.6. The number of primary amides is 1. The second-order valence-electron chi connectivity index (χ2n) is 7.73. The molecule has 0 aliphatic heterocycles. The third-order valence-corrected chi connectivity index (χ3v) is 5.47. The van der Waals surface area contributed by atoms with Crippen molar-refractivity contribution in [1.82, 2.24) is 20.9 Å². The van der Waals surface area contributed by atoms with Gasteiger partial charge in [-0.1, -0.05) is 18.2 Å². The molecule has 0 fully saturated rings. The molecule has 13 nitrogen and oxygen atoms in total. The van der Waals surface area contributed by atoms with E-state index in [1.165, 1.54) is 0 Å². The second kappa shape index (κ2) is 12.7. The van der Waals surface area contributed by atoms with Crippen molar-refractivity contribution in [3.63, 3.8) is 0 Å². The molecule has 14 heteroatoms. The minimum Gasteiger partial charge on any atom is -0.480 e. The van der Waals surface area contributed by atoms with Crippen molar-refractivity contribution in [2.45, 2.75) is 37.0 Å². The summed E-state index contributed by atoms with van der Waals surface area (Å²) in [6.45, 7) is -0.859. The van der Waals surface area contributed by atoms with Crippen molar-refractivity contribution < 1.29 is 34.2 Å². The maximum Gasteiger partial charge on any atom is 0.328 e. The number of aliphatic hydroxyl groups is 1. The molecule has 0 saturated carbocycles. The summed E-state index contributed by atoms with van der Waals surface area (Å²) in [5.74, 6) is -4.90. The molecule has 4 amide bonds. The van der Waals surface area contributed by atoms with Crippen molar-refractivity contribution >= 4 is 53.1 Å². The van der Waals surface area contributed by atoms with Gasteiger partial charge >= 0.3 is 5.97 Å². The van der Waals surface area contributed by atoms with E-state index in [9.17, 15) is 29.1 Å². The number of aliphatic carboxylic acids is 1. The fourth-order valence-corrected chi connectivity index (χ4v) is 3.50. The number of aliphatic hydroxyl groups excluding tert-OH is 1. The van der Waals surface area contributed by atoms with Crippen LogP contribution in [-0.4, -0.2) is 81.3 Å². The third-order valence-electron chi connectivity index (χ3n) is 5.10. The van der Waals surface area contributed by atoms with E-state index in [1.54, 1.807) is 12.3 Å². The fourth-order valence-electron chi connectivity index (χ4n) is 3.24. The zero-order valence-corrected chi connectivity index (χ0v) is 19.5. The van der Waals surface area contributed by atoms with Crippen LogP contribution in [0.2, 0.25) is 0 Å². The summed E-state index contributed by atoms with van der Waals surface area (Å²) in [5.41, 5.74) is 12.1. The normalized spacial score (nSPS) is 14.4. The number of aromatic amines is 1. The van der Waals surface area contributed by atoms with Crippen molar-refractivity contribution in [3.8, 4) is 0 Å². The maximum atomic E-state index is 12.9. The van der Waals surface area contributed by atoms with Crippen molar-refractivity contribution in [2.75, 3.05) is 12.4 Å². The van der Waals surface area contributed by atoms with Crippen LogP contribution in [0.3, 0.4) is 0 Å². The Morgan fingerprint density at radius 1 is 0.971 bits per heavy atom. The van der Waals surface area contributed by atoms with E-state index in [4.69, 9.17) is 16.6 Å². The van der Waals surface area contributed by atoms with Crippen LogP contribution < -0.4 is 27.4 Å². The van der Waals surface area contributed by atoms with Gasteiger partial charge in [0.15, 0.2) is 0 Å². The lowest BCUT2D eigenvalue weighted by Crippen LogP contribution is -2.58. The second-order valence-corrected chi connectivity index (χ2v) is 8.09. The van der Waals surface area contributed by atoms with Crippen LogP contribution in [0.15, 0.2) is 30.5 Å². The summed E-state index contributed by atoms with van der Waals surface area (Å²) in [4.78, 5) is 63.3. The molecule has 4 atom stereocenters. The summed E-state index contributed by atoms with van der Waals surface area (Å²) in [6, 6.07) is 1.87. The van der Waals surface area contributed by atoms with Gasteiger partial charge in [0.25, 0.3) is 0 Å². The lowest BCUT2D eigenvalue weighted by Gasteiger charge is -2.24. The molecular formula is C21H28N6O7S. The average molecular weight is 509 g/mol. The number of amides is 4. The molecule has 190 valence electrons. The first-order chi connectivity index (χ1) is 16.6. The number of nitrogens with two attached hydrogens (primary N) is 2. The van der Waals surface area contributed by atoms with Crippen LogP contribution in [0.4, 0.5) is 0 Å². The predicted molar refractivity (Wildman–Crippen MR) is 128 cm³/mol. The molecule has 0 aliphatic carbocycles. The highest BCUT2D eigenvalue weighted by atomic mass is 32.1. The van der Waals surface area contributed by atoms with Crippen molar-refractivity contribution in [2.24, 2.45) is 11.5 Å². The fraction of sp³-hybridized carbons (Fsp3) is 0.381. The molecular weight excluding hydrogens is 480 g/mol. The number of rotatable bonds is 13. The number of benzene rings is 1. The highest BCUT2D eigenvalue weighted by molar-refractivity contribution is 7.80. The topological polar surface area (TPSA) is 230 Å². The summed E-state index contributed by atoms with van der Waals surface area (Å²) < 4.78 is 0. The van der Waals surface area contributed by atoms with E-state index in [0.29, 0.717) is 5.56 Å². The van der Waals surface area contributed by atoms with Gasteiger partial charge < -0.3 is 42.6 Å². The average Bonchev–Trinajstić information content (AvgIpc) is 3.22. The Labute approximate surface area is 205 Å². The number of hydrogen-bond acceptors (Lipinski definition) is 8. The van der Waals surface area contributed by atoms with Gasteiger partial charge in [0.2, 0.25) is 23.6 Å². The van der Waals surface area contributed by atoms with Crippen LogP contribution in [0, 0.1) is 0 Å². The zero-order chi connectivity index (χ0) is 26.1. The highest BCUT2D eigenvalue weighted by Crippen LogP contribution is 2.19. The SMILES string of the molecule is NC(=O)CC(N)C(=O)NC(CS)C(=O)NC(Cc1c[nH]c2ccccc12)C(=O)NC(CO)C(=O)O. The minimum absolute atomic E-state index is 0.0339. The van der Waals surface area contributed by atoms with E-state index in [-0.39, 0.29) is 12.2 Å². The molecule has 10 N–H and O–H groups in total. The number of carboxylic acids is 1. The van der Waals surface area contributed by atoms with Gasteiger partial charge in [-0.25, -0.2) is 4.79 Å². The monoisotopic (exact) mass is 508 g/mol. The standard InChI is InChI=1S/C21H28N6O7S/c22-12(6-17(23)29)18(30)27-16(9-35)20(32)25-14(19(31)26-15(8-28)21(33)34)5-10-7-24-13-4-2-1-3-11(10)13/h1-4,7,12,14-16,24,28,35H,5-6,8-9,22H2,(H2,23,29)(H,25,32)(H,26,31)(H,27,30)(H,33,34). The Kier molecular flexibility index (Phi) is 10.1. The van der Waals surface area contributed by atoms with E-state index < -0.39 is 66.8 Å². The summed E-state index contributed by atoms with van der Waals surface area (Å²) in [5, 5.41) is 26.2. The number of fused-ring (bicyclic) bond motifs is 1. The van der Waals surface area contributed by atoms with Gasteiger partial charge in [0, 0.05) is 29.3 Å². The molecule has 0 radical (unpaired) electrons. The number of carbonyl (C=O) groups excluding carboxylic acids is 4. The number of aromatic nitrogens is 1. The molecule has 35 heavy (non-hydrogen) atoms. The predicted octanol–water partition coefficient (Wildman–Crippen LogP) is -2.63. The number of carboxylic acid groups (broad SMARTS) is 1. The largest absolute Gasteiger partial charge is 0.480 e. The minimum atomic E-state index is -1.59. The first kappa shape index (κ1) is 27.6. The summed E-state index contributed by atoms with van der Waals surface area (Å²) >= 11 is 4.05. The third kappa shape index (κ3) is 7.70. The Bertz CT molecular complexity index is 1090. The molecule has 2 aromatic rings. The van der Waals surface area contributed by atoms with E-state index in [0.717, 1.165) is 10.9 Å². The highest BCUT2D eigenvalue weighted by Gasteiger charge is 2.30. The van der Waals surface area contributed by atoms with Crippen molar-refractivity contribution in [3.05, 3.63) is 36.0 Å². The number of thiol groups is 1. The van der Waals surface area contributed by atoms with Crippen LogP contribution in [0.1, 0.15) is 12.0 Å². The molecule has 1 heterocycles. The van der Waals surface area contributed by atoms with Gasteiger partial charge in [-0.2, -0.15) is 12.6 Å². The van der Waals surface area contributed by atoms with E-state index >= 15 is 0 Å². The number of H-pyrrole nitrogens is 1. The quantitative estimate of drug-likeness (QED) is 0.130. The number of carbonyl (C=O) groups is 5. The molecule has 4 unspecified atom stereocenters. The number of nitrogens with one attached hydrogen (secondary N) is 4. The van der Waals surface area contributed by atoms with Gasteiger partial charge in [-0.05, 0) is 11.6 Å². The Morgan fingerprint density at radius 3 is 2.17 bits per heavy atom. The first-order valence-electron chi connectivity index (χ1n) is 10.5. The van der Waals surface area contributed by atoms with Crippen LogP contribution in [0.25, 0.3) is 10.9 Å². The van der Waals surface area contributed by atoms with Gasteiger partial charge in [0.1, 0.15) is 18.1 Å². The lowest BCUT2D eigenvalue weighted by molar-refractivity contribution is -0.143. The van der Waals surface area contributed by atoms with Crippen molar-refractivity contribution in [1.29, 1.82) is 0 Å². The first-order valence-corrected chi connectivity index (χ1v) is 11.1. The van der Waals surface area contributed by atoms with Gasteiger partial charge in [-0.15, -0.1) is 0 Å². The summed E-state index contributed by atoms with van der Waals surface area (Å²) in [7, 11) is 0. The molecule has 2 rings (SSSR count). The van der Waals surface area contributed by atoms with Crippen LogP contribution >= 0.6 is 12.6 Å². The molecule has 1 aromatic carbocycles. The summed E-state index contributed by atoms with van der Waals surface area (Å²) in [6.07, 6.45) is 1.18. The molecule has 0 saturated heterocycles. The van der Waals surface area contributed by atoms with E-state index in [1.807, 2.05) is 18.2 Å². The van der Waals surface area contributed by atoms with Crippen LogP contribution in [0.5, 0.6) is 0 Å². The maximum absolute atomic E-state index is 12.9. The Hall–Kier alpha value is -3.62. The Morgan fingerprint density at radius 2 is 1.57 bits per heavy atom. The Balaban J connectivity index is 2.23. The molecule has 0 aliphatic rings. The smallest absolute Gasteiger partial charge is 0.328 e. The number of hydrogen-bond donors (Lipinski definition) is 9. The van der Waals surface area contributed by atoms with E-state index in [2.05, 4.69) is 33.6 Å². The van der Waals surface area contributed by atoms with Gasteiger partial charge in [0.05, 0.1) is 19.1 Å². The number of para-hydroxylation sites is 1. The van der Waals surface area contributed by atoms with Gasteiger partial charge in [-0.3, -0.25) is 19.2 Å². The molecule has 0 bridgehead atoms. The lowest BCUT2D eigenvalue weighted by atomic mass is 10.0. The molecule has 1 aromatic heterocycles. The molecule has 0 spiro atoms. The van der Waals surface area contributed by atoms with Crippen LogP contribution in [-0.2, 0) is 30.4 Å².